The van der Waals surface area contributed by atoms with Gasteiger partial charge in [-0.05, 0) is 38.2 Å². The van der Waals surface area contributed by atoms with E-state index in [-0.39, 0.29) is 24.6 Å². The molecular weight excluding hydrogens is 325 g/mol. The first-order valence-corrected chi connectivity index (χ1v) is 6.01. The number of rotatable bonds is 5. The highest BCUT2D eigenvalue weighted by molar-refractivity contribution is 5.92. The second kappa shape index (κ2) is 8.00. The Morgan fingerprint density at radius 3 is 2.18 bits per heavy atom. The quantitative estimate of drug-likeness (QED) is 0.864. The molecule has 1 aromatic carbocycles. The number of benzene rings is 1. The molecule has 9 heteroatoms. The Labute approximate surface area is 131 Å². The molecule has 0 aliphatic carbocycles. The molecule has 0 heterocycles. The van der Waals surface area contributed by atoms with Crippen LogP contribution in [0.2, 0.25) is 0 Å². The molecule has 124 valence electrons. The summed E-state index contributed by atoms with van der Waals surface area (Å²) in [5, 5.41) is 11.2. The van der Waals surface area contributed by atoms with Gasteiger partial charge in [-0.15, -0.1) is 12.4 Å². The monoisotopic (exact) mass is 340 g/mol. The Morgan fingerprint density at radius 2 is 1.77 bits per heavy atom. The Morgan fingerprint density at radius 1 is 1.27 bits per heavy atom. The molecule has 5 nitrogen and oxygen atoms in total. The lowest BCUT2D eigenvalue weighted by Crippen LogP contribution is -2.40. The number of alkyl halides is 3. The van der Waals surface area contributed by atoms with Crippen LogP contribution >= 0.6 is 12.4 Å². The maximum atomic E-state index is 12.4. The zero-order chi connectivity index (χ0) is 16.2. The SMILES string of the molecule is CC(C(=O)O)N(C)CC(=O)Nc1ccc(C(F)(F)F)cc1.Cl. The highest BCUT2D eigenvalue weighted by atomic mass is 35.5. The van der Waals surface area contributed by atoms with Crippen LogP contribution in [0.25, 0.3) is 0 Å². The number of amides is 1. The molecule has 0 radical (unpaired) electrons. The van der Waals surface area contributed by atoms with Gasteiger partial charge in [0, 0.05) is 5.69 Å². The van der Waals surface area contributed by atoms with E-state index >= 15 is 0 Å². The number of nitrogens with one attached hydrogen (secondary N) is 1. The molecule has 2 N–H and O–H groups in total. The zero-order valence-electron chi connectivity index (χ0n) is 11.8. The number of hydrogen-bond acceptors (Lipinski definition) is 3. The summed E-state index contributed by atoms with van der Waals surface area (Å²) in [5.41, 5.74) is -0.596. The van der Waals surface area contributed by atoms with Gasteiger partial charge in [0.05, 0.1) is 12.1 Å². The minimum atomic E-state index is -4.43. The van der Waals surface area contributed by atoms with Gasteiger partial charge in [0.2, 0.25) is 5.91 Å². The topological polar surface area (TPSA) is 69.6 Å². The van der Waals surface area contributed by atoms with E-state index in [0.717, 1.165) is 24.3 Å². The molecular formula is C13H16ClF3N2O3. The number of carbonyl (C=O) groups excluding carboxylic acids is 1. The van der Waals surface area contributed by atoms with Crippen molar-refractivity contribution in [1.29, 1.82) is 0 Å². The minimum Gasteiger partial charge on any atom is -0.480 e. The zero-order valence-corrected chi connectivity index (χ0v) is 12.7. The van der Waals surface area contributed by atoms with Gasteiger partial charge in [0.1, 0.15) is 6.04 Å². The van der Waals surface area contributed by atoms with Crippen LogP contribution in [0.3, 0.4) is 0 Å². The predicted octanol–water partition coefficient (Wildman–Crippen LogP) is 2.47. The van der Waals surface area contributed by atoms with Crippen LogP contribution in [0, 0.1) is 0 Å². The molecule has 1 unspecified atom stereocenters. The summed E-state index contributed by atoms with van der Waals surface area (Å²) in [7, 11) is 1.46. The normalized spacial score (nSPS) is 12.5. The largest absolute Gasteiger partial charge is 0.480 e. The van der Waals surface area contributed by atoms with Crippen molar-refractivity contribution < 1.29 is 27.9 Å². The molecule has 1 aromatic rings. The number of carboxylic acid groups (broad SMARTS) is 1. The standard InChI is InChI=1S/C13H15F3N2O3.ClH/c1-8(12(20)21)18(2)7-11(19)17-10-5-3-9(4-6-10)13(14,15)16;/h3-6,8H,7H2,1-2H3,(H,17,19)(H,20,21);1H. The Balaban J connectivity index is 0.00000441. The highest BCUT2D eigenvalue weighted by Crippen LogP contribution is 2.29. The van der Waals surface area contributed by atoms with E-state index in [4.69, 9.17) is 5.11 Å². The van der Waals surface area contributed by atoms with Gasteiger partial charge in [-0.3, -0.25) is 14.5 Å². The van der Waals surface area contributed by atoms with Gasteiger partial charge in [0.15, 0.2) is 0 Å². The molecule has 0 spiro atoms. The number of carbonyl (C=O) groups is 2. The molecule has 0 saturated heterocycles. The van der Waals surface area contributed by atoms with E-state index in [9.17, 15) is 22.8 Å². The highest BCUT2D eigenvalue weighted by Gasteiger charge is 2.30. The van der Waals surface area contributed by atoms with Crippen LogP contribution in [-0.2, 0) is 15.8 Å². The van der Waals surface area contributed by atoms with Crippen LogP contribution < -0.4 is 5.32 Å². The van der Waals surface area contributed by atoms with Gasteiger partial charge >= 0.3 is 12.1 Å². The smallest absolute Gasteiger partial charge is 0.416 e. The van der Waals surface area contributed by atoms with Crippen LogP contribution in [-0.4, -0.2) is 41.5 Å². The first-order valence-electron chi connectivity index (χ1n) is 6.01. The lowest BCUT2D eigenvalue weighted by molar-refractivity contribution is -0.142. The molecule has 1 atom stereocenters. The van der Waals surface area contributed by atoms with E-state index in [1.807, 2.05) is 0 Å². The third-order valence-corrected chi connectivity index (χ3v) is 2.91. The van der Waals surface area contributed by atoms with Gasteiger partial charge in [-0.25, -0.2) is 0 Å². The predicted molar refractivity (Wildman–Crippen MR) is 77.0 cm³/mol. The van der Waals surface area contributed by atoms with Crippen molar-refractivity contribution in [3.63, 3.8) is 0 Å². The molecule has 0 fully saturated rings. The number of halogens is 4. The minimum absolute atomic E-state index is 0. The molecule has 1 rings (SSSR count). The number of likely N-dealkylation sites (N-methyl/N-ethyl adjacent to an activating group) is 1. The summed E-state index contributed by atoms with van der Waals surface area (Å²) in [6, 6.07) is 3.16. The van der Waals surface area contributed by atoms with Crippen LogP contribution in [0.1, 0.15) is 12.5 Å². The van der Waals surface area contributed by atoms with Gasteiger partial charge in [-0.2, -0.15) is 13.2 Å². The van der Waals surface area contributed by atoms with Crippen molar-refractivity contribution in [2.45, 2.75) is 19.1 Å². The van der Waals surface area contributed by atoms with E-state index < -0.39 is 29.7 Å². The Hall–Kier alpha value is -1.80. The number of carboxylic acids is 1. The molecule has 0 aromatic heterocycles. The van der Waals surface area contributed by atoms with Crippen LogP contribution in [0.5, 0.6) is 0 Å². The van der Waals surface area contributed by atoms with Gasteiger partial charge in [0.25, 0.3) is 0 Å². The van der Waals surface area contributed by atoms with E-state index in [1.54, 1.807) is 0 Å². The first-order chi connectivity index (χ1) is 9.61. The average molecular weight is 341 g/mol. The number of hydrogen-bond donors (Lipinski definition) is 2. The van der Waals surface area contributed by atoms with Crippen molar-refractivity contribution in [2.75, 3.05) is 18.9 Å². The maximum absolute atomic E-state index is 12.4. The molecule has 0 saturated carbocycles. The van der Waals surface area contributed by atoms with Crippen molar-refractivity contribution in [3.8, 4) is 0 Å². The summed E-state index contributed by atoms with van der Waals surface area (Å²) in [6.07, 6.45) is -4.43. The molecule has 22 heavy (non-hydrogen) atoms. The lowest BCUT2D eigenvalue weighted by Gasteiger charge is -2.20. The number of anilines is 1. The van der Waals surface area contributed by atoms with Crippen LogP contribution in [0.15, 0.2) is 24.3 Å². The van der Waals surface area contributed by atoms with Gasteiger partial charge in [-0.1, -0.05) is 0 Å². The van der Waals surface area contributed by atoms with Crippen molar-refractivity contribution >= 4 is 30.0 Å². The Kier molecular flexibility index (Phi) is 7.34. The molecule has 0 aliphatic heterocycles. The molecule has 0 bridgehead atoms. The number of aliphatic carboxylic acids is 1. The van der Waals surface area contributed by atoms with E-state index in [0.29, 0.717) is 0 Å². The third kappa shape index (κ3) is 5.90. The fraction of sp³-hybridized carbons (Fsp3) is 0.385. The lowest BCUT2D eigenvalue weighted by atomic mass is 10.2. The van der Waals surface area contributed by atoms with Gasteiger partial charge < -0.3 is 10.4 Å². The summed E-state index contributed by atoms with van der Waals surface area (Å²) in [6.45, 7) is 1.24. The first kappa shape index (κ1) is 20.2. The Bertz CT molecular complexity index is 520. The fourth-order valence-electron chi connectivity index (χ4n) is 1.50. The van der Waals surface area contributed by atoms with Crippen LogP contribution in [0.4, 0.5) is 18.9 Å². The van der Waals surface area contributed by atoms with Crippen molar-refractivity contribution in [2.24, 2.45) is 0 Å². The summed E-state index contributed by atoms with van der Waals surface area (Å²) in [4.78, 5) is 23.7. The summed E-state index contributed by atoms with van der Waals surface area (Å²) >= 11 is 0. The second-order valence-electron chi connectivity index (χ2n) is 4.55. The van der Waals surface area contributed by atoms with E-state index in [1.165, 1.54) is 18.9 Å². The fourth-order valence-corrected chi connectivity index (χ4v) is 1.50. The average Bonchev–Trinajstić information content (AvgIpc) is 2.36. The molecule has 1 amide bonds. The maximum Gasteiger partial charge on any atom is 0.416 e. The third-order valence-electron chi connectivity index (χ3n) is 2.91. The van der Waals surface area contributed by atoms with Crippen molar-refractivity contribution in [1.82, 2.24) is 4.90 Å². The molecule has 0 aliphatic rings. The number of nitrogens with zero attached hydrogens (tertiary/aromatic N) is 1. The van der Waals surface area contributed by atoms with E-state index in [2.05, 4.69) is 5.32 Å². The summed E-state index contributed by atoms with van der Waals surface area (Å²) < 4.78 is 37.1. The van der Waals surface area contributed by atoms with Crippen molar-refractivity contribution in [3.05, 3.63) is 29.8 Å². The summed E-state index contributed by atoms with van der Waals surface area (Å²) in [5.74, 6) is -1.58. The second-order valence-corrected chi connectivity index (χ2v) is 4.55.